The normalized spacial score (nSPS) is 15.7. The Labute approximate surface area is 408 Å². The number of aromatic amines is 2. The molecule has 0 saturated heterocycles. The Hall–Kier alpha value is -5.03. The maximum absolute atomic E-state index is 14.0. The van der Waals surface area contributed by atoms with Crippen LogP contribution in [0.25, 0.3) is 0 Å². The number of rotatable bonds is 30. The van der Waals surface area contributed by atoms with Gasteiger partial charge in [-0.15, -0.1) is 0 Å². The minimum Gasteiger partial charge on any atom is -0.480 e. The average molecular weight is 1020 g/mol. The molecular formula is C39H63N13O11S4. The summed E-state index contributed by atoms with van der Waals surface area (Å²) in [6, 6.07) is -11.9. The van der Waals surface area contributed by atoms with Crippen molar-refractivity contribution in [3.05, 3.63) is 36.4 Å². The molecule has 2 aromatic rings. The molecule has 0 aliphatic rings. The maximum Gasteiger partial charge on any atom is 0.327 e. The van der Waals surface area contributed by atoms with Gasteiger partial charge in [0, 0.05) is 53.9 Å². The minimum atomic E-state index is -1.72. The Balaban J connectivity index is 2.29. The number of nitrogens with zero attached hydrogens (tertiary/aromatic N) is 2. The van der Waals surface area contributed by atoms with Crippen LogP contribution in [0.5, 0.6) is 0 Å². The third-order valence-corrected chi connectivity index (χ3v) is 11.5. The van der Waals surface area contributed by atoms with Gasteiger partial charge >= 0.3 is 5.97 Å². The van der Waals surface area contributed by atoms with Crippen molar-refractivity contribution >= 4 is 103 Å². The van der Waals surface area contributed by atoms with Crippen LogP contribution in [0.1, 0.15) is 51.9 Å². The van der Waals surface area contributed by atoms with Gasteiger partial charge in [-0.3, -0.25) is 38.4 Å². The van der Waals surface area contributed by atoms with E-state index in [2.05, 4.69) is 100 Å². The van der Waals surface area contributed by atoms with Crippen LogP contribution < -0.4 is 48.3 Å². The molecule has 2 heterocycles. The van der Waals surface area contributed by atoms with Crippen molar-refractivity contribution in [2.75, 3.05) is 29.3 Å². The van der Waals surface area contributed by atoms with Gasteiger partial charge in [0.05, 0.1) is 24.8 Å². The average Bonchev–Trinajstić information content (AvgIpc) is 4.01. The number of hydrogen-bond acceptors (Lipinski definition) is 17. The van der Waals surface area contributed by atoms with Crippen LogP contribution in [0, 0.1) is 5.92 Å². The van der Waals surface area contributed by atoms with E-state index < -0.39 is 114 Å². The predicted molar refractivity (Wildman–Crippen MR) is 257 cm³/mol. The van der Waals surface area contributed by atoms with Crippen LogP contribution in [-0.4, -0.2) is 173 Å². The summed E-state index contributed by atoms with van der Waals surface area (Å²) in [7, 11) is 0. The Morgan fingerprint density at radius 1 is 0.612 bits per heavy atom. The quantitative estimate of drug-likeness (QED) is 0.0334. The highest BCUT2D eigenvalue weighted by Gasteiger charge is 2.36. The standard InChI is InChI=1S/C39H63N13O11S4/c1-18(2)8-25(47-36(59)27(10-22-12-42-17-44-22)48-33(56)24(6-7-67-5)46-32(55)23(40)13-64)35(58)50-28(14-65)37(60)52-30(20(4)53)38(61)49-26(9-21-11-41-16-43-21)34(57)45-19(3)31(54)51-29(15-66)39(62)63/h11-12,16-20,23-30,53,64-66H,6-10,13-15,40H2,1-5H3,(H,41,43)(H,42,44)(H,45,57)(H,46,55)(H,47,59)(H,48,56)(H,49,61)(H,50,58)(H,51,54)(H,52,60)(H,62,63)/t19-,20+,23-,24-,25-,26-,27-,28-,29-,30-/m0/s1. The number of nitrogens with two attached hydrogens (primary N) is 1. The van der Waals surface area contributed by atoms with Gasteiger partial charge in [-0.05, 0) is 44.6 Å². The molecule has 24 nitrogen and oxygen atoms in total. The Morgan fingerprint density at radius 3 is 1.52 bits per heavy atom. The third kappa shape index (κ3) is 20.0. The van der Waals surface area contributed by atoms with E-state index in [4.69, 9.17) is 5.73 Å². The number of imidazole rings is 2. The van der Waals surface area contributed by atoms with E-state index in [-0.39, 0.29) is 48.9 Å². The predicted octanol–water partition coefficient (Wildman–Crippen LogP) is -3.80. The summed E-state index contributed by atoms with van der Waals surface area (Å²) >= 11 is 13.6. The van der Waals surface area contributed by atoms with Crippen molar-refractivity contribution in [2.45, 2.75) is 114 Å². The summed E-state index contributed by atoms with van der Waals surface area (Å²) < 4.78 is 0. The van der Waals surface area contributed by atoms with Crippen LogP contribution in [0.3, 0.4) is 0 Å². The van der Waals surface area contributed by atoms with Gasteiger partial charge in [0.2, 0.25) is 47.3 Å². The number of thioether (sulfide) groups is 1. The number of carboxylic acid groups (broad SMARTS) is 1. The SMILES string of the molecule is CSCC[C@H](NC(=O)[C@@H](N)CS)C(=O)N[C@@H](Cc1cnc[nH]1)C(=O)N[C@@H](CC(C)C)C(=O)N[C@@H](CS)C(=O)N[C@H](C(=O)N[C@@H](Cc1cnc[nH]1)C(=O)N[C@@H](C)C(=O)N[C@@H](CS)C(=O)O)[C@@H](C)O. The first-order chi connectivity index (χ1) is 31.6. The van der Waals surface area contributed by atoms with E-state index in [1.165, 1.54) is 50.7 Å². The molecule has 10 atom stereocenters. The number of aliphatic hydroxyl groups is 1. The largest absolute Gasteiger partial charge is 0.480 e. The van der Waals surface area contributed by atoms with Gasteiger partial charge in [-0.25, -0.2) is 14.8 Å². The Bertz CT molecular complexity index is 1950. The summed E-state index contributed by atoms with van der Waals surface area (Å²) in [6.07, 6.45) is 5.73. The lowest BCUT2D eigenvalue weighted by Crippen LogP contribution is -2.62. The fourth-order valence-electron chi connectivity index (χ4n) is 6.01. The van der Waals surface area contributed by atoms with Crippen molar-refractivity contribution in [1.29, 1.82) is 0 Å². The number of aliphatic hydroxyl groups excluding tert-OH is 1. The number of nitrogens with one attached hydrogen (secondary N) is 10. The summed E-state index contributed by atoms with van der Waals surface area (Å²) in [5.41, 5.74) is 6.66. The van der Waals surface area contributed by atoms with Crippen LogP contribution in [0.2, 0.25) is 0 Å². The number of carbonyl (C=O) groups excluding carboxylic acids is 8. The third-order valence-electron chi connectivity index (χ3n) is 9.77. The molecule has 0 unspecified atom stereocenters. The summed E-state index contributed by atoms with van der Waals surface area (Å²) in [5, 5.41) is 39.9. The maximum atomic E-state index is 14.0. The molecule has 0 radical (unpaired) electrons. The van der Waals surface area contributed by atoms with Crippen LogP contribution in [0.4, 0.5) is 0 Å². The van der Waals surface area contributed by atoms with Gasteiger partial charge in [0.15, 0.2) is 0 Å². The lowest BCUT2D eigenvalue weighted by atomic mass is 10.0. The molecule has 0 bridgehead atoms. The van der Waals surface area contributed by atoms with Gasteiger partial charge in [-0.1, -0.05) is 13.8 Å². The fraction of sp³-hybridized carbons (Fsp3) is 0.615. The van der Waals surface area contributed by atoms with Crippen LogP contribution in [-0.2, 0) is 56.0 Å². The number of carboxylic acids is 1. The first kappa shape index (κ1) is 58.1. The monoisotopic (exact) mass is 1020 g/mol. The molecule has 2 rings (SSSR count). The van der Waals surface area contributed by atoms with E-state index in [9.17, 15) is 53.4 Å². The zero-order chi connectivity index (χ0) is 50.4. The molecule has 2 aromatic heterocycles. The molecule has 0 aliphatic heterocycles. The van der Waals surface area contributed by atoms with Crippen molar-refractivity contribution in [2.24, 2.45) is 11.7 Å². The topological polar surface area (TPSA) is 374 Å². The van der Waals surface area contributed by atoms with Gasteiger partial charge in [0.25, 0.3) is 0 Å². The van der Waals surface area contributed by atoms with Gasteiger partial charge in [0.1, 0.15) is 48.3 Å². The van der Waals surface area contributed by atoms with Crippen molar-refractivity contribution in [1.82, 2.24) is 62.5 Å². The molecule has 67 heavy (non-hydrogen) atoms. The van der Waals surface area contributed by atoms with Crippen molar-refractivity contribution in [3.63, 3.8) is 0 Å². The highest BCUT2D eigenvalue weighted by atomic mass is 32.2. The number of aliphatic carboxylic acids is 1. The van der Waals surface area contributed by atoms with Crippen molar-refractivity contribution < 1.29 is 53.4 Å². The molecule has 8 amide bonds. The highest BCUT2D eigenvalue weighted by Crippen LogP contribution is 2.10. The zero-order valence-corrected chi connectivity index (χ0v) is 41.1. The van der Waals surface area contributed by atoms with Gasteiger partial charge < -0.3 is 68.4 Å². The molecular weight excluding hydrogens is 955 g/mol. The molecule has 374 valence electrons. The minimum absolute atomic E-state index is 0.0223. The second-order valence-corrected chi connectivity index (χ2v) is 17.9. The molecule has 0 aromatic carbocycles. The Kier molecular flexibility index (Phi) is 25.7. The molecule has 0 spiro atoms. The highest BCUT2D eigenvalue weighted by molar-refractivity contribution is 7.98. The molecule has 0 fully saturated rings. The number of aromatic nitrogens is 4. The van der Waals surface area contributed by atoms with E-state index in [0.717, 1.165) is 0 Å². The van der Waals surface area contributed by atoms with Crippen LogP contribution in [0.15, 0.2) is 25.0 Å². The number of hydrogen-bond donors (Lipinski definition) is 16. The van der Waals surface area contributed by atoms with Gasteiger partial charge in [-0.2, -0.15) is 49.6 Å². The molecule has 28 heteroatoms. The van der Waals surface area contributed by atoms with Crippen molar-refractivity contribution in [3.8, 4) is 0 Å². The lowest BCUT2D eigenvalue weighted by molar-refractivity contribution is -0.141. The molecule has 0 aliphatic carbocycles. The smallest absolute Gasteiger partial charge is 0.327 e. The molecule has 14 N–H and O–H groups in total. The van der Waals surface area contributed by atoms with E-state index >= 15 is 0 Å². The van der Waals surface area contributed by atoms with E-state index in [1.807, 2.05) is 6.26 Å². The first-order valence-corrected chi connectivity index (χ1v) is 24.3. The van der Waals surface area contributed by atoms with Crippen LogP contribution >= 0.6 is 49.6 Å². The van der Waals surface area contributed by atoms with E-state index in [0.29, 0.717) is 17.1 Å². The first-order valence-electron chi connectivity index (χ1n) is 21.0. The zero-order valence-electron chi connectivity index (χ0n) is 37.6. The number of carbonyl (C=O) groups is 9. The Morgan fingerprint density at radius 2 is 1.06 bits per heavy atom. The number of thiol groups is 3. The summed E-state index contributed by atoms with van der Waals surface area (Å²) in [6.45, 7) is 6.05. The molecule has 0 saturated carbocycles. The second-order valence-electron chi connectivity index (χ2n) is 15.8. The lowest BCUT2D eigenvalue weighted by Gasteiger charge is -2.28. The summed E-state index contributed by atoms with van der Waals surface area (Å²) in [4.78, 5) is 133. The summed E-state index contributed by atoms with van der Waals surface area (Å²) in [5.74, 6) is -8.26. The number of amides is 8. The fourth-order valence-corrected chi connectivity index (χ4v) is 7.16. The number of H-pyrrole nitrogens is 2. The van der Waals surface area contributed by atoms with E-state index in [1.54, 1.807) is 13.8 Å². The second kappa shape index (κ2) is 29.7.